The first-order valence-corrected chi connectivity index (χ1v) is 4.18. The fraction of sp³-hybridized carbons (Fsp3) is 0.556. The minimum absolute atomic E-state index is 0.0779. The van der Waals surface area contributed by atoms with Gasteiger partial charge in [-0.05, 0) is 6.92 Å². The lowest BCUT2D eigenvalue weighted by Crippen LogP contribution is -2.52. The van der Waals surface area contributed by atoms with E-state index in [4.69, 9.17) is 5.11 Å². The molecule has 1 N–H and O–H groups in total. The fourth-order valence-electron chi connectivity index (χ4n) is 1.25. The molecule has 6 heteroatoms. The highest BCUT2D eigenvalue weighted by Gasteiger charge is 2.60. The van der Waals surface area contributed by atoms with Crippen molar-refractivity contribution in [3.63, 3.8) is 0 Å². The Hall–Kier alpha value is -1.64. The van der Waals surface area contributed by atoms with Gasteiger partial charge in [0.05, 0.1) is 6.61 Å². The lowest BCUT2D eigenvalue weighted by Gasteiger charge is -2.31. The summed E-state index contributed by atoms with van der Waals surface area (Å²) in [7, 11) is 0. The molecule has 0 aromatic rings. The van der Waals surface area contributed by atoms with Crippen LogP contribution in [0.5, 0.6) is 0 Å². The van der Waals surface area contributed by atoms with Crippen molar-refractivity contribution in [3.8, 4) is 11.8 Å². The number of hydrogen-bond donors (Lipinski definition) is 1. The van der Waals surface area contributed by atoms with E-state index in [-0.39, 0.29) is 6.61 Å². The van der Waals surface area contributed by atoms with Gasteiger partial charge in [-0.15, -0.1) is 0 Å². The average Bonchev–Trinajstić information content (AvgIpc) is 2.00. The van der Waals surface area contributed by atoms with E-state index in [0.717, 1.165) is 0 Å². The molecule has 0 heterocycles. The van der Waals surface area contributed by atoms with Gasteiger partial charge in [0.25, 0.3) is 6.43 Å². The van der Waals surface area contributed by atoms with Crippen LogP contribution in [0.2, 0.25) is 0 Å². The number of aliphatic carboxylic acids is 1. The third-order valence-corrected chi connectivity index (χ3v) is 2.08. The zero-order chi connectivity index (χ0) is 11.6. The highest BCUT2D eigenvalue weighted by Crippen LogP contribution is 2.39. The van der Waals surface area contributed by atoms with Crippen molar-refractivity contribution in [2.75, 3.05) is 6.61 Å². The second kappa shape index (κ2) is 3.85. The van der Waals surface area contributed by atoms with Crippen molar-refractivity contribution >= 4 is 11.9 Å². The Kier molecular flexibility index (Phi) is 2.93. The largest absolute Gasteiger partial charge is 0.480 e. The summed E-state index contributed by atoms with van der Waals surface area (Å²) in [6, 6.07) is 0. The molecular weight excluding hydrogens is 210 g/mol. The van der Waals surface area contributed by atoms with E-state index in [2.05, 4.69) is 4.74 Å². The first-order valence-electron chi connectivity index (χ1n) is 4.18. The molecule has 0 saturated carbocycles. The minimum atomic E-state index is -2.98. The van der Waals surface area contributed by atoms with Gasteiger partial charge in [-0.25, -0.2) is 18.4 Å². The highest BCUT2D eigenvalue weighted by molar-refractivity contribution is 6.05. The normalized spacial score (nSPS) is 27.6. The summed E-state index contributed by atoms with van der Waals surface area (Å²) in [6.45, 7) is 1.38. The maximum Gasteiger partial charge on any atom is 0.337 e. The molecule has 0 aromatic heterocycles. The summed E-state index contributed by atoms with van der Waals surface area (Å²) < 4.78 is 29.2. The summed E-state index contributed by atoms with van der Waals surface area (Å²) in [5, 5.41) is 8.76. The molecule has 0 bridgehead atoms. The van der Waals surface area contributed by atoms with Crippen LogP contribution >= 0.6 is 0 Å². The molecule has 0 spiro atoms. The van der Waals surface area contributed by atoms with Crippen LogP contribution in [0.25, 0.3) is 0 Å². The smallest absolute Gasteiger partial charge is 0.337 e. The number of alkyl halides is 2. The predicted octanol–water partition coefficient (Wildman–Crippen LogP) is 0.519. The second-order valence-electron chi connectivity index (χ2n) is 2.92. The van der Waals surface area contributed by atoms with Gasteiger partial charge >= 0.3 is 11.9 Å². The van der Waals surface area contributed by atoms with Gasteiger partial charge in [0, 0.05) is 0 Å². The van der Waals surface area contributed by atoms with E-state index < -0.39 is 29.7 Å². The summed E-state index contributed by atoms with van der Waals surface area (Å²) in [5.74, 6) is -0.749. The Morgan fingerprint density at radius 1 is 1.60 bits per heavy atom. The number of halogens is 2. The van der Waals surface area contributed by atoms with Gasteiger partial charge in [0.2, 0.25) is 5.41 Å². The molecule has 0 radical (unpaired) electrons. The zero-order valence-electron chi connectivity index (χ0n) is 7.79. The van der Waals surface area contributed by atoms with Gasteiger partial charge in [-0.1, -0.05) is 11.8 Å². The molecule has 4 nitrogen and oxygen atoms in total. The SMILES string of the molecule is CCOC(=O)[C@@]1(C(=O)O)C#CC1C(F)F. The van der Waals surface area contributed by atoms with Crippen LogP contribution in [0.1, 0.15) is 6.92 Å². The number of hydrogen-bond acceptors (Lipinski definition) is 3. The molecule has 1 aliphatic carbocycles. The number of rotatable bonds is 4. The van der Waals surface area contributed by atoms with Crippen molar-refractivity contribution in [1.29, 1.82) is 0 Å². The van der Waals surface area contributed by atoms with Gasteiger partial charge in [0.1, 0.15) is 5.92 Å². The molecule has 1 aliphatic rings. The molecule has 15 heavy (non-hydrogen) atoms. The van der Waals surface area contributed by atoms with E-state index >= 15 is 0 Å². The quantitative estimate of drug-likeness (QED) is 0.424. The van der Waals surface area contributed by atoms with E-state index in [1.807, 2.05) is 11.8 Å². The maximum absolute atomic E-state index is 12.4. The van der Waals surface area contributed by atoms with Crippen molar-refractivity contribution in [2.45, 2.75) is 13.3 Å². The molecular formula is C9H8F2O4. The Labute approximate surface area is 84.2 Å². The number of ether oxygens (including phenoxy) is 1. The predicted molar refractivity (Wildman–Crippen MR) is 44.0 cm³/mol. The van der Waals surface area contributed by atoms with Crippen LogP contribution in [-0.2, 0) is 14.3 Å². The monoisotopic (exact) mass is 218 g/mol. The molecule has 82 valence electrons. The Bertz CT molecular complexity index is 355. The molecule has 0 saturated heterocycles. The lowest BCUT2D eigenvalue weighted by atomic mass is 9.69. The Morgan fingerprint density at radius 2 is 2.20 bits per heavy atom. The van der Waals surface area contributed by atoms with Crippen LogP contribution in [0, 0.1) is 23.2 Å². The van der Waals surface area contributed by atoms with Crippen molar-refractivity contribution < 1.29 is 28.2 Å². The molecule has 0 aliphatic heterocycles. The second-order valence-corrected chi connectivity index (χ2v) is 2.92. The summed E-state index contributed by atoms with van der Waals surface area (Å²) in [5.41, 5.74) is -2.38. The number of carboxylic acids is 1. The van der Waals surface area contributed by atoms with Crippen LogP contribution in [0.15, 0.2) is 0 Å². The van der Waals surface area contributed by atoms with Crippen molar-refractivity contribution in [3.05, 3.63) is 0 Å². The van der Waals surface area contributed by atoms with Gasteiger partial charge < -0.3 is 9.84 Å². The van der Waals surface area contributed by atoms with Crippen molar-refractivity contribution in [2.24, 2.45) is 11.3 Å². The average molecular weight is 218 g/mol. The first kappa shape index (κ1) is 11.4. The molecule has 1 unspecified atom stereocenters. The number of carbonyl (C=O) groups is 2. The number of carbonyl (C=O) groups excluding carboxylic acids is 1. The number of carboxylic acid groups (broad SMARTS) is 1. The van der Waals surface area contributed by atoms with E-state index in [9.17, 15) is 18.4 Å². The summed E-state index contributed by atoms with van der Waals surface area (Å²) in [6.07, 6.45) is -2.98. The lowest BCUT2D eigenvalue weighted by molar-refractivity contribution is -0.171. The van der Waals surface area contributed by atoms with Gasteiger partial charge in [-0.3, -0.25) is 0 Å². The van der Waals surface area contributed by atoms with E-state index in [1.165, 1.54) is 6.92 Å². The van der Waals surface area contributed by atoms with Crippen LogP contribution in [0.4, 0.5) is 8.78 Å². The summed E-state index contributed by atoms with van der Waals surface area (Å²) >= 11 is 0. The van der Waals surface area contributed by atoms with E-state index in [1.54, 1.807) is 0 Å². The topological polar surface area (TPSA) is 63.6 Å². The molecule has 0 aromatic carbocycles. The summed E-state index contributed by atoms with van der Waals surface area (Å²) in [4.78, 5) is 22.1. The van der Waals surface area contributed by atoms with Crippen LogP contribution in [0.3, 0.4) is 0 Å². The third kappa shape index (κ3) is 1.54. The molecule has 0 amide bonds. The standard InChI is InChI=1S/C9H8F2O4/c1-2-15-8(14)9(7(12)13)4-3-5(9)6(10)11/h5-6H,2H2,1H3,(H,12,13)/t5?,9-/m0/s1. The number of esters is 1. The zero-order valence-corrected chi connectivity index (χ0v) is 7.79. The van der Waals surface area contributed by atoms with Gasteiger partial charge in [0.15, 0.2) is 0 Å². The Balaban J connectivity index is 3.00. The maximum atomic E-state index is 12.4. The first-order chi connectivity index (χ1) is 6.96. The fourth-order valence-corrected chi connectivity index (χ4v) is 1.25. The molecule has 2 atom stereocenters. The van der Waals surface area contributed by atoms with E-state index in [0.29, 0.717) is 0 Å². The highest BCUT2D eigenvalue weighted by atomic mass is 19.3. The molecule has 1 rings (SSSR count). The molecule has 0 fully saturated rings. The van der Waals surface area contributed by atoms with Crippen molar-refractivity contribution in [1.82, 2.24) is 0 Å². The third-order valence-electron chi connectivity index (χ3n) is 2.08. The van der Waals surface area contributed by atoms with Gasteiger partial charge in [-0.2, -0.15) is 0 Å². The van der Waals surface area contributed by atoms with Crippen LogP contribution in [-0.4, -0.2) is 30.1 Å². The van der Waals surface area contributed by atoms with Crippen LogP contribution < -0.4 is 0 Å². The Morgan fingerprint density at radius 3 is 2.47 bits per heavy atom. The minimum Gasteiger partial charge on any atom is -0.480 e.